The first-order chi connectivity index (χ1) is 8.35. The van der Waals surface area contributed by atoms with Crippen LogP contribution in [0.1, 0.15) is 33.1 Å². The highest BCUT2D eigenvalue weighted by molar-refractivity contribution is 6.45. The normalized spacial score (nSPS) is 12.1. The Kier molecular flexibility index (Phi) is 8.75. The van der Waals surface area contributed by atoms with Gasteiger partial charge < -0.3 is 9.47 Å². The number of carbonyl (C=O) groups excluding carboxylic acids is 3. The van der Waals surface area contributed by atoms with Gasteiger partial charge in [-0.15, -0.1) is 23.2 Å². The SMILES string of the molecule is CCOC(=O)CC(CC(=O)CC(Cl)Cl)OC(C)=O. The topological polar surface area (TPSA) is 69.7 Å². The van der Waals surface area contributed by atoms with Crippen LogP contribution in [0, 0.1) is 0 Å². The molecule has 0 aliphatic heterocycles. The van der Waals surface area contributed by atoms with Gasteiger partial charge in [0.25, 0.3) is 0 Å². The van der Waals surface area contributed by atoms with Gasteiger partial charge in [0.15, 0.2) is 0 Å². The predicted molar refractivity (Wildman–Crippen MR) is 66.5 cm³/mol. The molecular formula is C11H16Cl2O5. The lowest BCUT2D eigenvalue weighted by atomic mass is 10.1. The highest BCUT2D eigenvalue weighted by Gasteiger charge is 2.22. The molecule has 104 valence electrons. The average Bonchev–Trinajstić information content (AvgIpc) is 2.14. The molecule has 18 heavy (non-hydrogen) atoms. The van der Waals surface area contributed by atoms with Crippen LogP contribution >= 0.6 is 23.2 Å². The smallest absolute Gasteiger partial charge is 0.309 e. The number of Topliss-reactive ketones (excluding diaryl/α,β-unsaturated/α-hetero) is 1. The molecule has 0 amide bonds. The fourth-order valence-corrected chi connectivity index (χ4v) is 1.65. The summed E-state index contributed by atoms with van der Waals surface area (Å²) in [5.41, 5.74) is 0. The zero-order valence-corrected chi connectivity index (χ0v) is 11.8. The Balaban J connectivity index is 4.34. The molecule has 0 heterocycles. The summed E-state index contributed by atoms with van der Waals surface area (Å²) in [5, 5.41) is 0. The first kappa shape index (κ1) is 17.2. The molecule has 0 aromatic carbocycles. The summed E-state index contributed by atoms with van der Waals surface area (Å²) in [6, 6.07) is 0. The Labute approximate surface area is 116 Å². The number of ketones is 1. The van der Waals surface area contributed by atoms with Gasteiger partial charge in [-0.05, 0) is 6.92 Å². The van der Waals surface area contributed by atoms with E-state index in [0.717, 1.165) is 0 Å². The summed E-state index contributed by atoms with van der Waals surface area (Å²) < 4.78 is 9.60. The third kappa shape index (κ3) is 9.24. The minimum atomic E-state index is -0.832. The fourth-order valence-electron chi connectivity index (χ4n) is 1.31. The van der Waals surface area contributed by atoms with Crippen LogP contribution in [-0.4, -0.2) is 35.3 Å². The molecule has 1 atom stereocenters. The number of hydrogen-bond donors (Lipinski definition) is 0. The van der Waals surface area contributed by atoms with Crippen molar-refractivity contribution < 1.29 is 23.9 Å². The molecule has 1 unspecified atom stereocenters. The Morgan fingerprint density at radius 3 is 2.17 bits per heavy atom. The number of carbonyl (C=O) groups is 3. The number of rotatable bonds is 8. The molecule has 0 radical (unpaired) electrons. The monoisotopic (exact) mass is 298 g/mol. The second-order valence-corrected chi connectivity index (χ2v) is 4.86. The Morgan fingerprint density at radius 1 is 1.11 bits per heavy atom. The highest BCUT2D eigenvalue weighted by atomic mass is 35.5. The Hall–Kier alpha value is -0.810. The van der Waals surface area contributed by atoms with Crippen LogP contribution in [-0.2, 0) is 23.9 Å². The van der Waals surface area contributed by atoms with Gasteiger partial charge in [-0.2, -0.15) is 0 Å². The quantitative estimate of drug-likeness (QED) is 0.506. The van der Waals surface area contributed by atoms with Crippen LogP contribution in [0.25, 0.3) is 0 Å². The number of esters is 2. The van der Waals surface area contributed by atoms with Crippen molar-refractivity contribution in [2.45, 2.75) is 44.1 Å². The van der Waals surface area contributed by atoms with E-state index in [-0.39, 0.29) is 31.7 Å². The van der Waals surface area contributed by atoms with Gasteiger partial charge in [-0.25, -0.2) is 0 Å². The first-order valence-electron chi connectivity index (χ1n) is 5.47. The molecule has 0 aromatic rings. The average molecular weight is 299 g/mol. The molecule has 0 aliphatic rings. The minimum Gasteiger partial charge on any atom is -0.466 e. The predicted octanol–water partition coefficient (Wildman–Crippen LogP) is 2.02. The summed E-state index contributed by atoms with van der Waals surface area (Å²) in [4.78, 5) is 32.8. The van der Waals surface area contributed by atoms with Crippen molar-refractivity contribution in [3.63, 3.8) is 0 Å². The molecule has 5 nitrogen and oxygen atoms in total. The molecule has 7 heteroatoms. The van der Waals surface area contributed by atoms with E-state index in [1.807, 2.05) is 0 Å². The van der Waals surface area contributed by atoms with Gasteiger partial charge >= 0.3 is 11.9 Å². The van der Waals surface area contributed by atoms with E-state index in [9.17, 15) is 14.4 Å². The van der Waals surface area contributed by atoms with Crippen molar-refractivity contribution in [3.8, 4) is 0 Å². The lowest BCUT2D eigenvalue weighted by Crippen LogP contribution is -2.25. The van der Waals surface area contributed by atoms with Gasteiger partial charge in [-0.1, -0.05) is 0 Å². The number of ether oxygens (including phenoxy) is 2. The summed E-state index contributed by atoms with van der Waals surface area (Å²) in [6.07, 6.45) is -1.15. The first-order valence-corrected chi connectivity index (χ1v) is 6.35. The molecule has 0 bridgehead atoms. The third-order valence-electron chi connectivity index (χ3n) is 1.87. The van der Waals surface area contributed by atoms with Gasteiger partial charge in [-0.3, -0.25) is 14.4 Å². The van der Waals surface area contributed by atoms with E-state index in [0.29, 0.717) is 0 Å². The molecule has 0 saturated carbocycles. The number of alkyl halides is 2. The lowest BCUT2D eigenvalue weighted by Gasteiger charge is -2.15. The van der Waals surface area contributed by atoms with E-state index in [1.165, 1.54) is 6.92 Å². The molecule has 0 saturated heterocycles. The van der Waals surface area contributed by atoms with Gasteiger partial charge in [0.05, 0.1) is 13.0 Å². The third-order valence-corrected chi connectivity index (χ3v) is 2.18. The van der Waals surface area contributed by atoms with Crippen molar-refractivity contribution in [2.24, 2.45) is 0 Å². The van der Waals surface area contributed by atoms with E-state index < -0.39 is 22.9 Å². The van der Waals surface area contributed by atoms with E-state index in [2.05, 4.69) is 0 Å². The summed E-state index contributed by atoms with van der Waals surface area (Å²) >= 11 is 10.9. The molecule has 0 N–H and O–H groups in total. The Morgan fingerprint density at radius 2 is 1.72 bits per heavy atom. The maximum absolute atomic E-state index is 11.5. The zero-order valence-electron chi connectivity index (χ0n) is 10.3. The Bertz CT molecular complexity index is 304. The van der Waals surface area contributed by atoms with Crippen molar-refractivity contribution in [1.82, 2.24) is 0 Å². The maximum atomic E-state index is 11.5. The minimum absolute atomic E-state index is 0.0519. The number of halogens is 2. The van der Waals surface area contributed by atoms with Crippen LogP contribution in [0.3, 0.4) is 0 Å². The summed E-state index contributed by atoms with van der Waals surface area (Å²) in [7, 11) is 0. The molecule has 0 rings (SSSR count). The van der Waals surface area contributed by atoms with Crippen LogP contribution in [0.5, 0.6) is 0 Å². The van der Waals surface area contributed by atoms with Gasteiger partial charge in [0, 0.05) is 19.8 Å². The van der Waals surface area contributed by atoms with Crippen molar-refractivity contribution in [1.29, 1.82) is 0 Å². The maximum Gasteiger partial charge on any atom is 0.309 e. The molecule has 0 spiro atoms. The van der Waals surface area contributed by atoms with E-state index >= 15 is 0 Å². The second-order valence-electron chi connectivity index (χ2n) is 3.58. The standard InChI is InChI=1S/C11H16Cl2O5/c1-3-17-11(16)6-9(18-7(2)14)4-8(15)5-10(12)13/h9-10H,3-6H2,1-2H3. The second kappa shape index (κ2) is 9.16. The number of hydrogen-bond acceptors (Lipinski definition) is 5. The summed E-state index contributed by atoms with van der Waals surface area (Å²) in [6.45, 7) is 3.09. The molecular weight excluding hydrogens is 283 g/mol. The van der Waals surface area contributed by atoms with Crippen molar-refractivity contribution in [3.05, 3.63) is 0 Å². The van der Waals surface area contributed by atoms with Crippen LogP contribution in [0.2, 0.25) is 0 Å². The van der Waals surface area contributed by atoms with Gasteiger partial charge in [0.2, 0.25) is 0 Å². The van der Waals surface area contributed by atoms with Crippen molar-refractivity contribution >= 4 is 40.9 Å². The summed E-state index contributed by atoms with van der Waals surface area (Å²) in [5.74, 6) is -1.37. The van der Waals surface area contributed by atoms with Crippen molar-refractivity contribution in [2.75, 3.05) is 6.61 Å². The zero-order chi connectivity index (χ0) is 14.1. The molecule has 0 aromatic heterocycles. The highest BCUT2D eigenvalue weighted by Crippen LogP contribution is 2.13. The van der Waals surface area contributed by atoms with E-state index in [1.54, 1.807) is 6.92 Å². The molecule has 0 aliphatic carbocycles. The van der Waals surface area contributed by atoms with Gasteiger partial charge in [0.1, 0.15) is 16.7 Å². The van der Waals surface area contributed by atoms with Crippen LogP contribution in [0.15, 0.2) is 0 Å². The largest absolute Gasteiger partial charge is 0.466 e. The molecule has 0 fully saturated rings. The van der Waals surface area contributed by atoms with Crippen LogP contribution < -0.4 is 0 Å². The van der Waals surface area contributed by atoms with E-state index in [4.69, 9.17) is 32.7 Å². The lowest BCUT2D eigenvalue weighted by molar-refractivity contribution is -0.154. The fraction of sp³-hybridized carbons (Fsp3) is 0.727. The van der Waals surface area contributed by atoms with Crippen LogP contribution in [0.4, 0.5) is 0 Å².